The second-order valence-electron chi connectivity index (χ2n) is 8.13. The van der Waals surface area contributed by atoms with Gasteiger partial charge >= 0.3 is 6.18 Å². The number of thioether (sulfide) groups is 1. The molecular weight excluding hydrogens is 443 g/mol. The second-order valence-corrected chi connectivity index (χ2v) is 9.43. The van der Waals surface area contributed by atoms with Crippen molar-refractivity contribution < 1.29 is 13.2 Å². The van der Waals surface area contributed by atoms with Gasteiger partial charge in [-0.1, -0.05) is 37.8 Å². The van der Waals surface area contributed by atoms with E-state index in [1.807, 2.05) is 6.20 Å². The Hall–Kier alpha value is -3.06. The molecule has 0 N–H and O–H groups in total. The van der Waals surface area contributed by atoms with Crippen molar-refractivity contribution in [3.63, 3.8) is 0 Å². The van der Waals surface area contributed by atoms with E-state index >= 15 is 0 Å². The van der Waals surface area contributed by atoms with Crippen molar-refractivity contribution in [3.8, 4) is 33.9 Å². The van der Waals surface area contributed by atoms with Gasteiger partial charge < -0.3 is 4.57 Å². The summed E-state index contributed by atoms with van der Waals surface area (Å²) in [4.78, 5) is 10.1. The van der Waals surface area contributed by atoms with E-state index in [0.717, 1.165) is 34.0 Å². The van der Waals surface area contributed by atoms with Gasteiger partial charge in [0.2, 0.25) is 0 Å². The van der Waals surface area contributed by atoms with E-state index in [1.54, 1.807) is 17.8 Å². The van der Waals surface area contributed by atoms with Crippen LogP contribution in [0.2, 0.25) is 0 Å². The van der Waals surface area contributed by atoms with E-state index in [-0.39, 0.29) is 5.69 Å². The number of aromatic nitrogens is 3. The van der Waals surface area contributed by atoms with E-state index in [2.05, 4.69) is 48.8 Å². The maximum Gasteiger partial charge on any atom is 0.417 e. The fourth-order valence-corrected chi connectivity index (χ4v) is 4.81. The highest BCUT2D eigenvalue weighted by atomic mass is 32.2. The van der Waals surface area contributed by atoms with Crippen LogP contribution in [0.25, 0.3) is 40.1 Å². The van der Waals surface area contributed by atoms with Gasteiger partial charge in [0.15, 0.2) is 0 Å². The van der Waals surface area contributed by atoms with Crippen molar-refractivity contribution >= 4 is 18.0 Å². The molecule has 0 atom stereocenters. The van der Waals surface area contributed by atoms with E-state index in [9.17, 15) is 13.2 Å². The van der Waals surface area contributed by atoms with Gasteiger partial charge in [0.25, 0.3) is 0 Å². The van der Waals surface area contributed by atoms with Crippen LogP contribution in [0.5, 0.6) is 0 Å². The third kappa shape index (κ3) is 4.29. The van der Waals surface area contributed by atoms with Gasteiger partial charge in [-0.05, 0) is 53.8 Å². The van der Waals surface area contributed by atoms with Gasteiger partial charge in [0.05, 0.1) is 22.6 Å². The minimum atomic E-state index is -4.46. The van der Waals surface area contributed by atoms with Crippen LogP contribution in [-0.2, 0) is 6.18 Å². The first-order chi connectivity index (χ1) is 15.9. The Labute approximate surface area is 194 Å². The van der Waals surface area contributed by atoms with Gasteiger partial charge in [-0.2, -0.15) is 13.2 Å². The van der Waals surface area contributed by atoms with E-state index in [1.165, 1.54) is 29.2 Å². The van der Waals surface area contributed by atoms with Gasteiger partial charge in [0.1, 0.15) is 5.69 Å². The van der Waals surface area contributed by atoms with Crippen LogP contribution in [0.1, 0.15) is 36.8 Å². The molecule has 7 heteroatoms. The molecule has 3 nitrogen and oxygen atoms in total. The molecule has 0 saturated heterocycles. The number of nitrogens with zero attached hydrogens (tertiary/aromatic N) is 3. The summed E-state index contributed by atoms with van der Waals surface area (Å²) in [6.07, 6.45) is 2.27. The van der Waals surface area contributed by atoms with Crippen LogP contribution >= 0.6 is 11.8 Å². The molecule has 0 spiro atoms. The van der Waals surface area contributed by atoms with Crippen LogP contribution < -0.4 is 0 Å². The molecular formula is C26H22F3N3S. The third-order valence-corrected chi connectivity index (χ3v) is 6.75. The number of pyridine rings is 2. The monoisotopic (exact) mass is 465 g/mol. The Balaban J connectivity index is 1.56. The second kappa shape index (κ2) is 8.37. The van der Waals surface area contributed by atoms with Gasteiger partial charge in [-0.3, -0.25) is 4.98 Å². The maximum atomic E-state index is 13.3. The number of hydrogen-bond donors (Lipinski definition) is 0. The van der Waals surface area contributed by atoms with E-state index < -0.39 is 11.7 Å². The first kappa shape index (κ1) is 21.8. The summed E-state index contributed by atoms with van der Waals surface area (Å²) in [7, 11) is 0. The SMILES string of the molecule is C=Cn1cc(C(F)(F)F)cc2nc(-c3ncc(-c4ccc(C5CC5)cc4)cc3SCC)cc1-2. The van der Waals surface area contributed by atoms with Crippen molar-refractivity contribution in [1.82, 2.24) is 14.5 Å². The topological polar surface area (TPSA) is 30.7 Å². The Bertz CT molecular complexity index is 1290. The lowest BCUT2D eigenvalue weighted by atomic mass is 10.0. The normalized spacial score (nSPS) is 14.1. The summed E-state index contributed by atoms with van der Waals surface area (Å²) in [6, 6.07) is 13.6. The van der Waals surface area contributed by atoms with Crippen molar-refractivity contribution in [2.24, 2.45) is 0 Å². The Morgan fingerprint density at radius 1 is 1.09 bits per heavy atom. The highest BCUT2D eigenvalue weighted by Crippen LogP contribution is 2.41. The molecule has 3 heterocycles. The molecule has 33 heavy (non-hydrogen) atoms. The molecule has 2 aromatic rings. The van der Waals surface area contributed by atoms with Crippen LogP contribution in [0.15, 0.2) is 66.3 Å². The Kier molecular flexibility index (Phi) is 5.52. The quantitative estimate of drug-likeness (QED) is 0.272. The average Bonchev–Trinajstić information content (AvgIpc) is 3.56. The minimum Gasteiger partial charge on any atom is -0.322 e. The molecule has 1 aliphatic carbocycles. The minimum absolute atomic E-state index is 0.258. The lowest BCUT2D eigenvalue weighted by Gasteiger charge is -2.12. The standard InChI is InChI=1S/C26H22F3N3S/c1-3-32-15-20(26(27,28)29)12-21-23(32)13-22(31-21)25-24(33-4-2)11-19(14-30-25)18-9-7-17(8-10-18)16-5-6-16/h3,7-16H,1,4-6H2,2H3. The molecule has 5 rings (SSSR count). The third-order valence-electron chi connectivity index (χ3n) is 5.84. The zero-order chi connectivity index (χ0) is 23.2. The van der Waals surface area contributed by atoms with Gasteiger partial charge in [-0.25, -0.2) is 4.98 Å². The summed E-state index contributed by atoms with van der Waals surface area (Å²) < 4.78 is 41.3. The summed E-state index contributed by atoms with van der Waals surface area (Å²) in [6.45, 7) is 5.70. The van der Waals surface area contributed by atoms with Crippen molar-refractivity contribution in [3.05, 3.63) is 72.6 Å². The lowest BCUT2D eigenvalue weighted by Crippen LogP contribution is -2.08. The van der Waals surface area contributed by atoms with Crippen molar-refractivity contribution in [2.75, 3.05) is 5.75 Å². The highest BCUT2D eigenvalue weighted by Gasteiger charge is 2.33. The smallest absolute Gasteiger partial charge is 0.322 e. The van der Waals surface area contributed by atoms with E-state index in [0.29, 0.717) is 23.0 Å². The van der Waals surface area contributed by atoms with Crippen LogP contribution in [-0.4, -0.2) is 20.3 Å². The molecule has 0 unspecified atom stereocenters. The van der Waals surface area contributed by atoms with Gasteiger partial charge in [-0.15, -0.1) is 11.8 Å². The predicted molar refractivity (Wildman–Crippen MR) is 127 cm³/mol. The van der Waals surface area contributed by atoms with Crippen LogP contribution in [0.3, 0.4) is 0 Å². The van der Waals surface area contributed by atoms with Crippen molar-refractivity contribution in [1.29, 1.82) is 0 Å². The summed E-state index contributed by atoms with van der Waals surface area (Å²) in [5.41, 5.74) is 4.75. The molecule has 0 bridgehead atoms. The average molecular weight is 466 g/mol. The number of fused-ring (bicyclic) bond motifs is 1. The summed E-state index contributed by atoms with van der Waals surface area (Å²) >= 11 is 1.64. The molecule has 1 fully saturated rings. The maximum absolute atomic E-state index is 13.3. The fourth-order valence-electron chi connectivity index (χ4n) is 3.99. The lowest BCUT2D eigenvalue weighted by molar-refractivity contribution is -0.137. The highest BCUT2D eigenvalue weighted by molar-refractivity contribution is 7.99. The predicted octanol–water partition coefficient (Wildman–Crippen LogP) is 7.83. The number of halogens is 3. The first-order valence-corrected chi connectivity index (χ1v) is 11.8. The summed E-state index contributed by atoms with van der Waals surface area (Å²) in [5, 5.41) is 0. The van der Waals surface area contributed by atoms with Crippen LogP contribution in [0.4, 0.5) is 13.2 Å². The summed E-state index contributed by atoms with van der Waals surface area (Å²) in [5.74, 6) is 1.55. The molecule has 0 radical (unpaired) electrons. The molecule has 168 valence electrons. The Morgan fingerprint density at radius 2 is 1.85 bits per heavy atom. The number of alkyl halides is 3. The molecule has 3 aliphatic rings. The number of benzene rings is 1. The molecule has 2 aliphatic heterocycles. The Morgan fingerprint density at radius 3 is 2.48 bits per heavy atom. The van der Waals surface area contributed by atoms with Crippen molar-refractivity contribution in [2.45, 2.75) is 36.8 Å². The zero-order valence-electron chi connectivity index (χ0n) is 18.1. The first-order valence-electron chi connectivity index (χ1n) is 10.8. The van der Waals surface area contributed by atoms with Gasteiger partial charge in [0, 0.05) is 29.1 Å². The molecule has 1 aromatic heterocycles. The zero-order valence-corrected chi connectivity index (χ0v) is 18.9. The fraction of sp³-hybridized carbons (Fsp3) is 0.231. The van der Waals surface area contributed by atoms with Crippen LogP contribution in [0, 0.1) is 0 Å². The number of hydrogen-bond acceptors (Lipinski definition) is 3. The largest absolute Gasteiger partial charge is 0.417 e. The molecule has 0 amide bonds. The molecule has 1 aromatic carbocycles. The number of rotatable bonds is 6. The molecule has 1 saturated carbocycles. The van der Waals surface area contributed by atoms with E-state index in [4.69, 9.17) is 4.98 Å².